The van der Waals surface area contributed by atoms with Crippen molar-refractivity contribution in [2.24, 2.45) is 5.73 Å². The highest BCUT2D eigenvalue weighted by atomic mass is 35.5. The van der Waals surface area contributed by atoms with Gasteiger partial charge in [0.05, 0.1) is 16.8 Å². The quantitative estimate of drug-likeness (QED) is 0.218. The molecule has 0 aliphatic carbocycles. The van der Waals surface area contributed by atoms with Gasteiger partial charge >= 0.3 is 0 Å². The SMILES string of the molecule is CC(Oc1cc(-n2cnc3cc(-c4ccnc(NCCS(C)(=O)=O)c4)ccc32)sc1C(N)=O)c1ccccc1Cl. The summed E-state index contributed by atoms with van der Waals surface area (Å²) in [5.74, 6) is 0.408. The predicted octanol–water partition coefficient (Wildman–Crippen LogP) is 5.50. The molecule has 40 heavy (non-hydrogen) atoms. The third-order valence-electron chi connectivity index (χ3n) is 6.21. The van der Waals surface area contributed by atoms with Crippen molar-refractivity contribution in [3.8, 4) is 21.9 Å². The molecule has 5 aromatic rings. The summed E-state index contributed by atoms with van der Waals surface area (Å²) in [6.07, 6.45) is 4.16. The van der Waals surface area contributed by atoms with Gasteiger partial charge in [-0.05, 0) is 48.4 Å². The number of imidazole rings is 1. The number of nitrogens with one attached hydrogen (secondary N) is 1. The number of anilines is 1. The number of pyridine rings is 1. The number of ether oxygens (including phenoxy) is 1. The third kappa shape index (κ3) is 6.11. The second-order valence-corrected chi connectivity index (χ2v) is 12.9. The second-order valence-electron chi connectivity index (χ2n) is 9.23. The van der Waals surface area contributed by atoms with Gasteiger partial charge in [0.1, 0.15) is 43.7 Å². The van der Waals surface area contributed by atoms with Crippen molar-refractivity contribution < 1.29 is 17.9 Å². The van der Waals surface area contributed by atoms with Crippen molar-refractivity contribution in [2.45, 2.75) is 13.0 Å². The molecule has 3 N–H and O–H groups in total. The zero-order valence-electron chi connectivity index (χ0n) is 21.7. The van der Waals surface area contributed by atoms with Crippen LogP contribution in [0.1, 0.15) is 28.3 Å². The Morgan fingerprint density at radius 3 is 2.65 bits per heavy atom. The zero-order valence-corrected chi connectivity index (χ0v) is 24.1. The summed E-state index contributed by atoms with van der Waals surface area (Å²) >= 11 is 7.56. The van der Waals surface area contributed by atoms with Crippen LogP contribution in [-0.4, -0.2) is 47.4 Å². The molecule has 0 saturated carbocycles. The molecule has 1 unspecified atom stereocenters. The van der Waals surface area contributed by atoms with E-state index >= 15 is 0 Å². The average Bonchev–Trinajstić information content (AvgIpc) is 3.52. The number of sulfone groups is 1. The maximum absolute atomic E-state index is 12.3. The molecule has 206 valence electrons. The molecule has 1 amide bonds. The van der Waals surface area contributed by atoms with E-state index < -0.39 is 21.8 Å². The number of carbonyl (C=O) groups is 1. The van der Waals surface area contributed by atoms with Crippen LogP contribution in [0.2, 0.25) is 5.02 Å². The van der Waals surface area contributed by atoms with Crippen LogP contribution >= 0.6 is 22.9 Å². The monoisotopic (exact) mass is 595 g/mol. The topological polar surface area (TPSA) is 129 Å². The van der Waals surface area contributed by atoms with Crippen LogP contribution in [0.15, 0.2) is 73.2 Å². The van der Waals surface area contributed by atoms with Gasteiger partial charge < -0.3 is 15.8 Å². The molecular formula is C28H26ClN5O4S2. The van der Waals surface area contributed by atoms with E-state index in [4.69, 9.17) is 22.1 Å². The molecule has 2 aromatic carbocycles. The molecule has 0 aliphatic rings. The van der Waals surface area contributed by atoms with Gasteiger partial charge in [0.25, 0.3) is 5.91 Å². The molecule has 0 aliphatic heterocycles. The molecular weight excluding hydrogens is 570 g/mol. The Bertz CT molecular complexity index is 1820. The van der Waals surface area contributed by atoms with E-state index in [1.807, 2.05) is 60.0 Å². The molecule has 0 fully saturated rings. The molecule has 1 atom stereocenters. The fourth-order valence-corrected chi connectivity index (χ4v) is 5.93. The molecule has 9 nitrogen and oxygen atoms in total. The first-order valence-corrected chi connectivity index (χ1v) is 15.5. The smallest absolute Gasteiger partial charge is 0.262 e. The molecule has 0 radical (unpaired) electrons. The summed E-state index contributed by atoms with van der Waals surface area (Å²) < 4.78 is 30.8. The van der Waals surface area contributed by atoms with E-state index in [0.717, 1.165) is 32.7 Å². The van der Waals surface area contributed by atoms with Crippen molar-refractivity contribution in [2.75, 3.05) is 23.9 Å². The average molecular weight is 596 g/mol. The number of halogens is 1. The number of primary amides is 1. The lowest BCUT2D eigenvalue weighted by Gasteiger charge is -2.16. The lowest BCUT2D eigenvalue weighted by molar-refractivity contribution is 0.0998. The Labute approximate surface area is 240 Å². The van der Waals surface area contributed by atoms with Crippen LogP contribution in [0, 0.1) is 0 Å². The van der Waals surface area contributed by atoms with Gasteiger partial charge in [-0.3, -0.25) is 9.36 Å². The highest BCUT2D eigenvalue weighted by molar-refractivity contribution is 7.90. The number of carbonyl (C=O) groups excluding carboxylic acids is 1. The third-order valence-corrected chi connectivity index (χ3v) is 8.63. The summed E-state index contributed by atoms with van der Waals surface area (Å²) in [6, 6.07) is 18.8. The van der Waals surface area contributed by atoms with E-state index in [0.29, 0.717) is 21.5 Å². The van der Waals surface area contributed by atoms with Gasteiger partial charge in [-0.15, -0.1) is 11.3 Å². The largest absolute Gasteiger partial charge is 0.484 e. The number of amides is 1. The van der Waals surface area contributed by atoms with Crippen LogP contribution in [-0.2, 0) is 9.84 Å². The van der Waals surface area contributed by atoms with Crippen LogP contribution in [0.4, 0.5) is 5.82 Å². The van der Waals surface area contributed by atoms with Crippen molar-refractivity contribution in [1.82, 2.24) is 14.5 Å². The predicted molar refractivity (Wildman–Crippen MR) is 159 cm³/mol. The maximum Gasteiger partial charge on any atom is 0.262 e. The minimum atomic E-state index is -3.07. The van der Waals surface area contributed by atoms with E-state index in [1.165, 1.54) is 17.6 Å². The van der Waals surface area contributed by atoms with E-state index in [9.17, 15) is 13.2 Å². The molecule has 3 aromatic heterocycles. The zero-order chi connectivity index (χ0) is 28.4. The first kappa shape index (κ1) is 27.6. The van der Waals surface area contributed by atoms with Crippen LogP contribution in [0.5, 0.6) is 5.75 Å². The van der Waals surface area contributed by atoms with Crippen LogP contribution < -0.4 is 15.8 Å². The van der Waals surface area contributed by atoms with Crippen LogP contribution in [0.25, 0.3) is 27.2 Å². The number of hydrogen-bond acceptors (Lipinski definition) is 8. The molecule has 3 heterocycles. The molecule has 0 spiro atoms. The van der Waals surface area contributed by atoms with Gasteiger partial charge in [0.15, 0.2) is 0 Å². The Morgan fingerprint density at radius 1 is 1.12 bits per heavy atom. The number of rotatable bonds is 10. The van der Waals surface area contributed by atoms with Gasteiger partial charge in [0, 0.05) is 35.6 Å². The molecule has 0 bridgehead atoms. The Morgan fingerprint density at radius 2 is 1.90 bits per heavy atom. The number of thiophene rings is 1. The first-order valence-electron chi connectivity index (χ1n) is 12.3. The molecule has 12 heteroatoms. The summed E-state index contributed by atoms with van der Waals surface area (Å²) in [7, 11) is -3.07. The summed E-state index contributed by atoms with van der Waals surface area (Å²) in [5, 5.41) is 4.36. The standard InChI is InChI=1S/C28H26ClN5O4S2/c1-17(20-5-3-4-6-21(20)29)38-24-15-26(39-27(24)28(30)35)34-16-33-22-13-18(7-8-23(22)34)19-9-10-31-25(14-19)32-11-12-40(2,36)37/h3-10,13-17H,11-12H2,1-2H3,(H2,30,35)(H,31,32). The minimum Gasteiger partial charge on any atom is -0.484 e. The Kier molecular flexibility index (Phi) is 7.79. The summed E-state index contributed by atoms with van der Waals surface area (Å²) in [6.45, 7) is 2.14. The normalized spacial score (nSPS) is 12.4. The highest BCUT2D eigenvalue weighted by Crippen LogP contribution is 2.37. The van der Waals surface area contributed by atoms with Gasteiger partial charge in [0.2, 0.25) is 0 Å². The number of fused-ring (bicyclic) bond motifs is 1. The Balaban J connectivity index is 1.41. The fourth-order valence-electron chi connectivity index (χ4n) is 4.24. The van der Waals surface area contributed by atoms with Gasteiger partial charge in [-0.25, -0.2) is 18.4 Å². The molecule has 0 saturated heterocycles. The number of hydrogen-bond donors (Lipinski definition) is 2. The lowest BCUT2D eigenvalue weighted by Crippen LogP contribution is -2.14. The lowest BCUT2D eigenvalue weighted by atomic mass is 10.1. The van der Waals surface area contributed by atoms with E-state index in [2.05, 4.69) is 15.3 Å². The van der Waals surface area contributed by atoms with Crippen molar-refractivity contribution >= 4 is 55.5 Å². The molecule has 5 rings (SSSR count). The Hall–Kier alpha value is -3.93. The highest BCUT2D eigenvalue weighted by Gasteiger charge is 2.21. The van der Waals surface area contributed by atoms with Gasteiger partial charge in [-0.2, -0.15) is 0 Å². The van der Waals surface area contributed by atoms with Crippen molar-refractivity contribution in [1.29, 1.82) is 0 Å². The first-order chi connectivity index (χ1) is 19.1. The second kappa shape index (κ2) is 11.3. The minimum absolute atomic E-state index is 0.0220. The van der Waals surface area contributed by atoms with Crippen molar-refractivity contribution in [3.05, 3.63) is 88.7 Å². The number of benzene rings is 2. The maximum atomic E-state index is 12.3. The van der Waals surface area contributed by atoms with Crippen molar-refractivity contribution in [3.63, 3.8) is 0 Å². The summed E-state index contributed by atoms with van der Waals surface area (Å²) in [4.78, 5) is 21.4. The number of nitrogens with zero attached hydrogens (tertiary/aromatic N) is 3. The number of nitrogens with two attached hydrogens (primary N) is 1. The van der Waals surface area contributed by atoms with E-state index in [1.54, 1.807) is 24.7 Å². The van der Waals surface area contributed by atoms with E-state index in [-0.39, 0.29) is 12.3 Å². The van der Waals surface area contributed by atoms with Crippen LogP contribution in [0.3, 0.4) is 0 Å². The fraction of sp³-hybridized carbons (Fsp3) is 0.179. The summed E-state index contributed by atoms with van der Waals surface area (Å²) in [5.41, 5.74) is 9.91. The van der Waals surface area contributed by atoms with Gasteiger partial charge in [-0.1, -0.05) is 35.9 Å². The number of aromatic nitrogens is 3.